The van der Waals surface area contributed by atoms with E-state index >= 15 is 0 Å². The lowest BCUT2D eigenvalue weighted by Gasteiger charge is -2.11. The van der Waals surface area contributed by atoms with Crippen molar-refractivity contribution >= 4 is 12.0 Å². The first-order valence-electron chi connectivity index (χ1n) is 6.39. The van der Waals surface area contributed by atoms with Crippen LogP contribution in [-0.2, 0) is 16.0 Å². The van der Waals surface area contributed by atoms with Gasteiger partial charge in [-0.15, -0.1) is 0 Å². The first-order valence-corrected chi connectivity index (χ1v) is 6.39. The molecule has 1 amide bonds. The molecule has 1 aromatic carbocycles. The number of nitrogens with one attached hydrogen (secondary N) is 1. The Balaban J connectivity index is 1.98. The van der Waals surface area contributed by atoms with Crippen molar-refractivity contribution in [2.75, 3.05) is 20.3 Å². The fourth-order valence-electron chi connectivity index (χ4n) is 2.17. The van der Waals surface area contributed by atoms with E-state index in [2.05, 4.69) is 11.9 Å². The molecule has 0 saturated carbocycles. The third-order valence-electron chi connectivity index (χ3n) is 3.17. The summed E-state index contributed by atoms with van der Waals surface area (Å²) in [6, 6.07) is 5.84. The largest absolute Gasteiger partial charge is 0.496 e. The summed E-state index contributed by atoms with van der Waals surface area (Å²) in [6.45, 7) is 5.09. The molecule has 102 valence electrons. The second-order valence-electron chi connectivity index (χ2n) is 4.59. The van der Waals surface area contributed by atoms with E-state index in [4.69, 9.17) is 9.47 Å². The first-order chi connectivity index (χ1) is 9.22. The van der Waals surface area contributed by atoms with Crippen molar-refractivity contribution in [3.8, 4) is 5.75 Å². The van der Waals surface area contributed by atoms with Gasteiger partial charge >= 0.3 is 0 Å². The number of rotatable bonds is 5. The molecule has 0 aliphatic carbocycles. The van der Waals surface area contributed by atoms with E-state index in [0.29, 0.717) is 13.0 Å². The van der Waals surface area contributed by atoms with E-state index in [9.17, 15) is 4.79 Å². The van der Waals surface area contributed by atoms with Crippen LogP contribution in [0.2, 0.25) is 0 Å². The Bertz CT molecular complexity index is 464. The zero-order valence-electron chi connectivity index (χ0n) is 11.1. The first kappa shape index (κ1) is 13.6. The summed E-state index contributed by atoms with van der Waals surface area (Å²) < 4.78 is 10.4. The van der Waals surface area contributed by atoms with Crippen LogP contribution in [0.4, 0.5) is 0 Å². The van der Waals surface area contributed by atoms with Gasteiger partial charge in [-0.2, -0.15) is 0 Å². The van der Waals surface area contributed by atoms with Gasteiger partial charge in [-0.05, 0) is 24.1 Å². The van der Waals surface area contributed by atoms with E-state index in [1.54, 1.807) is 13.2 Å². The molecule has 1 saturated heterocycles. The van der Waals surface area contributed by atoms with Gasteiger partial charge in [-0.1, -0.05) is 18.7 Å². The summed E-state index contributed by atoms with van der Waals surface area (Å²) >= 11 is 0. The number of hydrogen-bond acceptors (Lipinski definition) is 3. The molecule has 1 atom stereocenters. The Kier molecular flexibility index (Phi) is 4.58. The third-order valence-corrected chi connectivity index (χ3v) is 3.17. The SMILES string of the molecule is C=Cc1cc(CC(=O)NC2CCOC2)ccc1OC. The standard InChI is InChI=1S/C15H19NO3/c1-3-12-8-11(4-5-14(12)18-2)9-15(17)16-13-6-7-19-10-13/h3-5,8,13H,1,6-7,9-10H2,2H3,(H,16,17). The van der Waals surface area contributed by atoms with Crippen LogP contribution in [0.3, 0.4) is 0 Å². The summed E-state index contributed by atoms with van der Waals surface area (Å²) in [5, 5.41) is 2.97. The number of methoxy groups -OCH3 is 1. The number of hydrogen-bond donors (Lipinski definition) is 1. The van der Waals surface area contributed by atoms with E-state index in [0.717, 1.165) is 29.9 Å². The van der Waals surface area contributed by atoms with Crippen LogP contribution < -0.4 is 10.1 Å². The van der Waals surface area contributed by atoms with Crippen LogP contribution in [0.25, 0.3) is 6.08 Å². The molecule has 0 aromatic heterocycles. The van der Waals surface area contributed by atoms with Gasteiger partial charge in [-0.25, -0.2) is 0 Å². The van der Waals surface area contributed by atoms with E-state index in [1.165, 1.54) is 0 Å². The van der Waals surface area contributed by atoms with Gasteiger partial charge in [0.1, 0.15) is 5.75 Å². The minimum atomic E-state index is 0.0238. The van der Waals surface area contributed by atoms with Gasteiger partial charge in [0.05, 0.1) is 26.2 Å². The van der Waals surface area contributed by atoms with Gasteiger partial charge in [0.25, 0.3) is 0 Å². The third kappa shape index (κ3) is 3.58. The van der Waals surface area contributed by atoms with Crippen LogP contribution in [0.5, 0.6) is 5.75 Å². The molecule has 1 heterocycles. The maximum Gasteiger partial charge on any atom is 0.224 e. The Morgan fingerprint density at radius 1 is 1.63 bits per heavy atom. The van der Waals surface area contributed by atoms with Crippen molar-refractivity contribution in [2.24, 2.45) is 0 Å². The molecule has 0 radical (unpaired) electrons. The average molecular weight is 261 g/mol. The van der Waals surface area contributed by atoms with Crippen LogP contribution >= 0.6 is 0 Å². The lowest BCUT2D eigenvalue weighted by atomic mass is 10.1. The Labute approximate surface area is 113 Å². The van der Waals surface area contributed by atoms with Gasteiger partial charge in [-0.3, -0.25) is 4.79 Å². The van der Waals surface area contributed by atoms with Crippen molar-refractivity contribution in [2.45, 2.75) is 18.9 Å². The maximum absolute atomic E-state index is 11.9. The lowest BCUT2D eigenvalue weighted by molar-refractivity contribution is -0.121. The molecule has 4 heteroatoms. The van der Waals surface area contributed by atoms with Crippen molar-refractivity contribution in [3.05, 3.63) is 35.9 Å². The fourth-order valence-corrected chi connectivity index (χ4v) is 2.17. The highest BCUT2D eigenvalue weighted by Gasteiger charge is 2.17. The molecule has 1 fully saturated rings. The highest BCUT2D eigenvalue weighted by atomic mass is 16.5. The van der Waals surface area contributed by atoms with Gasteiger partial charge in [0.15, 0.2) is 0 Å². The molecule has 2 rings (SSSR count). The molecule has 1 aliphatic rings. The highest BCUT2D eigenvalue weighted by molar-refractivity contribution is 5.79. The van der Waals surface area contributed by atoms with Crippen LogP contribution in [-0.4, -0.2) is 32.3 Å². The van der Waals surface area contributed by atoms with Crippen LogP contribution in [0.1, 0.15) is 17.5 Å². The summed E-state index contributed by atoms with van der Waals surface area (Å²) in [5.74, 6) is 0.791. The average Bonchev–Trinajstić information content (AvgIpc) is 2.91. The van der Waals surface area contributed by atoms with Gasteiger partial charge in [0.2, 0.25) is 5.91 Å². The molecule has 4 nitrogen and oxygen atoms in total. The maximum atomic E-state index is 11.9. The van der Waals surface area contributed by atoms with Crippen LogP contribution in [0, 0.1) is 0 Å². The number of ether oxygens (including phenoxy) is 2. The van der Waals surface area contributed by atoms with E-state index in [-0.39, 0.29) is 11.9 Å². The van der Waals surface area contributed by atoms with Gasteiger partial charge < -0.3 is 14.8 Å². The normalized spacial score (nSPS) is 18.1. The Hall–Kier alpha value is -1.81. The molecule has 1 aliphatic heterocycles. The summed E-state index contributed by atoms with van der Waals surface area (Å²) in [4.78, 5) is 11.9. The molecule has 19 heavy (non-hydrogen) atoms. The molecule has 1 N–H and O–H groups in total. The quantitative estimate of drug-likeness (QED) is 0.879. The van der Waals surface area contributed by atoms with E-state index < -0.39 is 0 Å². The molecule has 0 spiro atoms. The van der Waals surface area contributed by atoms with Crippen molar-refractivity contribution < 1.29 is 14.3 Å². The molecule has 1 aromatic rings. The second kappa shape index (κ2) is 6.38. The highest BCUT2D eigenvalue weighted by Crippen LogP contribution is 2.21. The molecular formula is C15H19NO3. The zero-order chi connectivity index (χ0) is 13.7. The van der Waals surface area contributed by atoms with Crippen molar-refractivity contribution in [3.63, 3.8) is 0 Å². The van der Waals surface area contributed by atoms with Crippen molar-refractivity contribution in [1.29, 1.82) is 0 Å². The minimum Gasteiger partial charge on any atom is -0.496 e. The molecular weight excluding hydrogens is 242 g/mol. The summed E-state index contributed by atoms with van der Waals surface area (Å²) in [7, 11) is 1.62. The Morgan fingerprint density at radius 2 is 2.47 bits per heavy atom. The fraction of sp³-hybridized carbons (Fsp3) is 0.400. The molecule has 0 bridgehead atoms. The topological polar surface area (TPSA) is 47.6 Å². The lowest BCUT2D eigenvalue weighted by Crippen LogP contribution is -2.36. The second-order valence-corrected chi connectivity index (χ2v) is 4.59. The minimum absolute atomic E-state index is 0.0238. The van der Waals surface area contributed by atoms with Crippen LogP contribution in [0.15, 0.2) is 24.8 Å². The van der Waals surface area contributed by atoms with E-state index in [1.807, 2.05) is 18.2 Å². The zero-order valence-corrected chi connectivity index (χ0v) is 11.1. The summed E-state index contributed by atoms with van der Waals surface area (Å²) in [6.07, 6.45) is 2.98. The number of benzene rings is 1. The predicted molar refractivity (Wildman–Crippen MR) is 74.2 cm³/mol. The molecule has 1 unspecified atom stereocenters. The number of carbonyl (C=O) groups is 1. The summed E-state index contributed by atoms with van der Waals surface area (Å²) in [5.41, 5.74) is 1.85. The monoisotopic (exact) mass is 261 g/mol. The number of amides is 1. The predicted octanol–water partition coefficient (Wildman–Crippen LogP) is 1.79. The smallest absolute Gasteiger partial charge is 0.224 e. The van der Waals surface area contributed by atoms with Gasteiger partial charge in [0, 0.05) is 12.2 Å². The Morgan fingerprint density at radius 3 is 3.11 bits per heavy atom. The number of carbonyl (C=O) groups excluding carboxylic acids is 1. The van der Waals surface area contributed by atoms with Crippen molar-refractivity contribution in [1.82, 2.24) is 5.32 Å².